The van der Waals surface area contributed by atoms with Gasteiger partial charge in [-0.25, -0.2) is 0 Å². The molecule has 190 valence electrons. The third-order valence-corrected chi connectivity index (χ3v) is 17.6. The summed E-state index contributed by atoms with van der Waals surface area (Å²) >= 11 is 0. The maximum absolute atomic E-state index is 4.37. The largest absolute Gasteiger partial charge is 0.103 e. The molecule has 0 fully saturated rings. The van der Waals surface area contributed by atoms with Crippen molar-refractivity contribution in [2.24, 2.45) is 23.7 Å². The van der Waals surface area contributed by atoms with Gasteiger partial charge in [0.1, 0.15) is 0 Å². The van der Waals surface area contributed by atoms with E-state index in [1.54, 1.807) is 55.7 Å². The number of hydrogen-bond donors (Lipinski definition) is 0. The molecule has 0 saturated carbocycles. The minimum absolute atomic E-state index is 0.594. The van der Waals surface area contributed by atoms with Gasteiger partial charge in [0.25, 0.3) is 0 Å². The zero-order valence-electron chi connectivity index (χ0n) is 25.0. The minimum atomic E-state index is -1.90. The van der Waals surface area contributed by atoms with E-state index in [1.165, 1.54) is 17.2 Å². The van der Waals surface area contributed by atoms with E-state index >= 15 is 0 Å². The van der Waals surface area contributed by atoms with Crippen LogP contribution in [-0.2, 0) is 0 Å². The summed E-state index contributed by atoms with van der Waals surface area (Å²) in [5.41, 5.74) is 20.9. The lowest BCUT2D eigenvalue weighted by Gasteiger charge is -2.49. The van der Waals surface area contributed by atoms with Gasteiger partial charge in [-0.2, -0.15) is 0 Å². The van der Waals surface area contributed by atoms with Crippen molar-refractivity contribution >= 4 is 8.07 Å². The first-order chi connectivity index (χ1) is 16.2. The summed E-state index contributed by atoms with van der Waals surface area (Å²) in [6, 6.07) is 1.20. The predicted molar refractivity (Wildman–Crippen MR) is 158 cm³/mol. The molecule has 0 nitrogen and oxygen atoms in total. The molecule has 0 spiro atoms. The average Bonchev–Trinajstić information content (AvgIpc) is 3.24. The third-order valence-electron chi connectivity index (χ3n) is 12.0. The molecular weight excluding hydrogens is 436 g/mol. The van der Waals surface area contributed by atoms with Crippen LogP contribution < -0.4 is 0 Å². The SMILES string of the molecule is C=CC[Si](C)(C1C(C)=C(C)[C@@H]2C(C)=C(C)C(C)=C(C)C12)C1C(C)=C(C)[C@@H]2C(C)=C(C)C(C)=C(C)C12. The van der Waals surface area contributed by atoms with E-state index in [1.807, 2.05) is 0 Å². The number of rotatable bonds is 4. The molecule has 0 saturated heterocycles. The fourth-order valence-corrected chi connectivity index (χ4v) is 15.8. The normalized spacial score (nSPS) is 35.3. The summed E-state index contributed by atoms with van der Waals surface area (Å²) in [4.78, 5) is 0. The second-order valence-electron chi connectivity index (χ2n) is 12.9. The first kappa shape index (κ1) is 26.5. The van der Waals surface area contributed by atoms with Gasteiger partial charge in [0.05, 0.1) is 8.07 Å². The van der Waals surface area contributed by atoms with Crippen LogP contribution in [-0.4, -0.2) is 8.07 Å². The van der Waals surface area contributed by atoms with E-state index in [2.05, 4.69) is 102 Å². The molecule has 0 aromatic rings. The summed E-state index contributed by atoms with van der Waals surface area (Å²) in [5.74, 6) is 2.46. The van der Waals surface area contributed by atoms with Gasteiger partial charge in [0.15, 0.2) is 0 Å². The third kappa shape index (κ3) is 3.36. The standard InChI is InChI=1S/C34H50Si/c1-15-16-35(14,33-27(12)25(10)29-21(6)17(2)19(4)23(8)31(29)33)34-28(13)26(11)30-22(7)18(3)20(5)24(9)32(30)34/h15,29-34H,1,16H2,2-14H3/t29-,30-,31?,32?,33?,34?,35?/m0/s1. The highest BCUT2D eigenvalue weighted by Gasteiger charge is 2.59. The smallest absolute Gasteiger partial charge is 0.0701 e. The van der Waals surface area contributed by atoms with Crippen molar-refractivity contribution in [1.29, 1.82) is 0 Å². The van der Waals surface area contributed by atoms with E-state index in [0.29, 0.717) is 34.8 Å². The molecule has 0 heterocycles. The van der Waals surface area contributed by atoms with Crippen molar-refractivity contribution in [3.8, 4) is 0 Å². The van der Waals surface area contributed by atoms with E-state index in [9.17, 15) is 0 Å². The molecule has 4 aliphatic carbocycles. The zero-order valence-corrected chi connectivity index (χ0v) is 26.0. The van der Waals surface area contributed by atoms with Gasteiger partial charge < -0.3 is 0 Å². The van der Waals surface area contributed by atoms with Crippen molar-refractivity contribution in [3.63, 3.8) is 0 Å². The van der Waals surface area contributed by atoms with Crippen LogP contribution in [0.1, 0.15) is 83.1 Å². The lowest BCUT2D eigenvalue weighted by molar-refractivity contribution is 0.469. The molecule has 0 radical (unpaired) electrons. The highest BCUT2D eigenvalue weighted by Crippen LogP contribution is 2.67. The fourth-order valence-electron chi connectivity index (χ4n) is 9.35. The van der Waals surface area contributed by atoms with E-state index in [4.69, 9.17) is 0 Å². The van der Waals surface area contributed by atoms with Crippen LogP contribution in [0.5, 0.6) is 0 Å². The maximum atomic E-state index is 4.37. The summed E-state index contributed by atoms with van der Waals surface area (Å²) in [5, 5.41) is 0. The van der Waals surface area contributed by atoms with Crippen LogP contribution in [0.15, 0.2) is 79.5 Å². The second-order valence-corrected chi connectivity index (χ2v) is 17.6. The Morgan fingerprint density at radius 3 is 1.14 bits per heavy atom. The van der Waals surface area contributed by atoms with Gasteiger partial charge in [0.2, 0.25) is 0 Å². The molecule has 6 atom stereocenters. The lowest BCUT2D eigenvalue weighted by Crippen LogP contribution is -2.48. The minimum Gasteiger partial charge on any atom is -0.103 e. The van der Waals surface area contributed by atoms with Gasteiger partial charge in [-0.1, -0.05) is 57.2 Å². The van der Waals surface area contributed by atoms with Crippen LogP contribution in [0, 0.1) is 23.7 Å². The van der Waals surface area contributed by atoms with E-state index in [0.717, 1.165) is 0 Å². The highest BCUT2D eigenvalue weighted by molar-refractivity contribution is 6.83. The Labute approximate surface area is 217 Å². The average molecular weight is 487 g/mol. The predicted octanol–water partition coefficient (Wildman–Crippen LogP) is 10.5. The van der Waals surface area contributed by atoms with Crippen LogP contribution in [0.3, 0.4) is 0 Å². The van der Waals surface area contributed by atoms with Gasteiger partial charge in [-0.3, -0.25) is 0 Å². The van der Waals surface area contributed by atoms with Crippen molar-refractivity contribution in [3.05, 3.63) is 79.5 Å². The molecule has 0 aliphatic heterocycles. The van der Waals surface area contributed by atoms with Crippen molar-refractivity contribution < 1.29 is 0 Å². The Morgan fingerprint density at radius 2 is 0.829 bits per heavy atom. The first-order valence-corrected chi connectivity index (χ1v) is 16.8. The Hall–Kier alpha value is -1.60. The summed E-state index contributed by atoms with van der Waals surface area (Å²) < 4.78 is 0. The van der Waals surface area contributed by atoms with E-state index in [-0.39, 0.29) is 0 Å². The number of hydrogen-bond acceptors (Lipinski definition) is 0. The molecule has 1 heteroatoms. The van der Waals surface area contributed by atoms with Crippen molar-refractivity contribution in [2.75, 3.05) is 0 Å². The highest BCUT2D eigenvalue weighted by atomic mass is 28.3. The Morgan fingerprint density at radius 1 is 0.514 bits per heavy atom. The Balaban J connectivity index is 1.96. The maximum Gasteiger partial charge on any atom is 0.0701 e. The van der Waals surface area contributed by atoms with Gasteiger partial charge in [-0.15, -0.1) is 6.58 Å². The van der Waals surface area contributed by atoms with Gasteiger partial charge >= 0.3 is 0 Å². The molecule has 35 heavy (non-hydrogen) atoms. The molecule has 4 unspecified atom stereocenters. The topological polar surface area (TPSA) is 0 Å². The lowest BCUT2D eigenvalue weighted by atomic mass is 9.72. The van der Waals surface area contributed by atoms with Crippen LogP contribution >= 0.6 is 0 Å². The molecule has 0 N–H and O–H groups in total. The van der Waals surface area contributed by atoms with Crippen LogP contribution in [0.4, 0.5) is 0 Å². The summed E-state index contributed by atoms with van der Waals surface area (Å²) in [7, 11) is -1.90. The molecule has 0 aromatic heterocycles. The van der Waals surface area contributed by atoms with Crippen molar-refractivity contribution in [2.45, 2.75) is 107 Å². The fraction of sp³-hybridized carbons (Fsp3) is 0.588. The van der Waals surface area contributed by atoms with Gasteiger partial charge in [-0.05, 0) is 134 Å². The molecule has 4 aliphatic rings. The zero-order chi connectivity index (χ0) is 26.3. The number of fused-ring (bicyclic) bond motifs is 2. The Kier molecular flexibility index (Phi) is 6.62. The molecule has 4 rings (SSSR count). The van der Waals surface area contributed by atoms with Crippen LogP contribution in [0.25, 0.3) is 0 Å². The first-order valence-electron chi connectivity index (χ1n) is 13.9. The summed E-state index contributed by atoms with van der Waals surface area (Å²) in [6.45, 7) is 36.3. The van der Waals surface area contributed by atoms with E-state index < -0.39 is 8.07 Å². The van der Waals surface area contributed by atoms with Crippen molar-refractivity contribution in [1.82, 2.24) is 0 Å². The summed E-state index contributed by atoms with van der Waals surface area (Å²) in [6.07, 6.45) is 2.30. The monoisotopic (exact) mass is 486 g/mol. The molecule has 0 aromatic carbocycles. The molecular formula is C34H50Si. The Bertz CT molecular complexity index is 1100. The van der Waals surface area contributed by atoms with Crippen LogP contribution in [0.2, 0.25) is 23.7 Å². The molecule has 0 bridgehead atoms. The molecule has 0 amide bonds. The van der Waals surface area contributed by atoms with Gasteiger partial charge in [0, 0.05) is 11.8 Å². The number of allylic oxidation sites excluding steroid dienone is 13. The second kappa shape index (κ2) is 8.75. The quantitative estimate of drug-likeness (QED) is 0.274.